The molecular weight excluding hydrogens is 250 g/mol. The van der Waals surface area contributed by atoms with Gasteiger partial charge in [-0.1, -0.05) is 18.2 Å². The van der Waals surface area contributed by atoms with Crippen LogP contribution in [0.3, 0.4) is 0 Å². The smallest absolute Gasteiger partial charge is 0.431 e. The SMILES string of the molecule is COC1CN(N(C(=O)O)c2ccccc2)C(=O)N1C. The van der Waals surface area contributed by atoms with Gasteiger partial charge < -0.3 is 9.84 Å². The van der Waals surface area contributed by atoms with Crippen molar-refractivity contribution in [3.05, 3.63) is 30.3 Å². The fourth-order valence-electron chi connectivity index (χ4n) is 1.98. The summed E-state index contributed by atoms with van der Waals surface area (Å²) in [5.41, 5.74) is 0.411. The second-order valence-electron chi connectivity index (χ2n) is 4.10. The summed E-state index contributed by atoms with van der Waals surface area (Å²) in [6.07, 6.45) is -1.68. The summed E-state index contributed by atoms with van der Waals surface area (Å²) in [6.45, 7) is 0.160. The maximum atomic E-state index is 12.1. The molecule has 1 unspecified atom stereocenters. The van der Waals surface area contributed by atoms with E-state index in [2.05, 4.69) is 0 Å². The van der Waals surface area contributed by atoms with Gasteiger partial charge in [0.15, 0.2) is 6.23 Å². The zero-order chi connectivity index (χ0) is 14.0. The molecule has 1 aromatic carbocycles. The van der Waals surface area contributed by atoms with Gasteiger partial charge in [-0.05, 0) is 12.1 Å². The number of urea groups is 1. The largest absolute Gasteiger partial charge is 0.463 e. The van der Waals surface area contributed by atoms with Crippen LogP contribution in [0.5, 0.6) is 0 Å². The highest BCUT2D eigenvalue weighted by Crippen LogP contribution is 2.22. The summed E-state index contributed by atoms with van der Waals surface area (Å²) in [7, 11) is 3.05. The standard InChI is InChI=1S/C12H15N3O4/c1-13-10(19-2)8-14(11(13)16)15(12(17)18)9-6-4-3-5-7-9/h3-7,10H,8H2,1-2H3,(H,17,18). The number of nitrogens with zero attached hydrogens (tertiary/aromatic N) is 3. The number of amides is 3. The number of hydrogen-bond acceptors (Lipinski definition) is 3. The second kappa shape index (κ2) is 5.15. The predicted molar refractivity (Wildman–Crippen MR) is 67.6 cm³/mol. The predicted octanol–water partition coefficient (Wildman–Crippen LogP) is 1.43. The molecule has 1 aliphatic heterocycles. The van der Waals surface area contributed by atoms with Gasteiger partial charge in [-0.25, -0.2) is 14.6 Å². The van der Waals surface area contributed by atoms with Gasteiger partial charge in [0.05, 0.1) is 12.2 Å². The van der Waals surface area contributed by atoms with Crippen LogP contribution in [0.25, 0.3) is 0 Å². The van der Waals surface area contributed by atoms with E-state index in [-0.39, 0.29) is 6.54 Å². The number of carboxylic acid groups (broad SMARTS) is 1. The van der Waals surface area contributed by atoms with Crippen LogP contribution in [0.1, 0.15) is 0 Å². The Bertz CT molecular complexity index is 479. The molecule has 7 heteroatoms. The number of likely N-dealkylation sites (N-methyl/N-ethyl adjacent to an activating group) is 1. The Balaban J connectivity index is 2.32. The summed E-state index contributed by atoms with van der Waals surface area (Å²) in [5.74, 6) is 0. The van der Waals surface area contributed by atoms with E-state index in [4.69, 9.17) is 4.74 Å². The van der Waals surface area contributed by atoms with Gasteiger partial charge in [-0.3, -0.25) is 4.90 Å². The van der Waals surface area contributed by atoms with E-state index in [1.165, 1.54) is 12.0 Å². The van der Waals surface area contributed by atoms with Crippen LogP contribution in [-0.4, -0.2) is 54.1 Å². The van der Waals surface area contributed by atoms with E-state index < -0.39 is 18.4 Å². The third kappa shape index (κ3) is 2.32. The summed E-state index contributed by atoms with van der Waals surface area (Å²) in [5, 5.41) is 11.4. The molecule has 7 nitrogen and oxygen atoms in total. The van der Waals surface area contributed by atoms with Crippen LogP contribution in [0.15, 0.2) is 30.3 Å². The number of para-hydroxylation sites is 1. The number of carbonyl (C=O) groups is 2. The van der Waals surface area contributed by atoms with Crippen LogP contribution < -0.4 is 5.01 Å². The van der Waals surface area contributed by atoms with Crippen LogP contribution in [0.2, 0.25) is 0 Å². The molecule has 1 aromatic rings. The zero-order valence-corrected chi connectivity index (χ0v) is 10.7. The lowest BCUT2D eigenvalue weighted by molar-refractivity contribution is 0.0295. The molecule has 1 N–H and O–H groups in total. The fraction of sp³-hybridized carbons (Fsp3) is 0.333. The Morgan fingerprint density at radius 3 is 2.53 bits per heavy atom. The molecule has 0 bridgehead atoms. The molecule has 1 saturated heterocycles. The molecule has 0 radical (unpaired) electrons. The third-order valence-corrected chi connectivity index (χ3v) is 2.98. The molecule has 0 saturated carbocycles. The highest BCUT2D eigenvalue weighted by atomic mass is 16.5. The first-order chi connectivity index (χ1) is 9.06. The number of carbonyl (C=O) groups excluding carboxylic acids is 1. The number of benzene rings is 1. The normalized spacial score (nSPS) is 18.8. The maximum absolute atomic E-state index is 12.1. The number of rotatable bonds is 3. The minimum Gasteiger partial charge on any atom is -0.463 e. The Morgan fingerprint density at radius 2 is 2.05 bits per heavy atom. The van der Waals surface area contributed by atoms with E-state index in [1.54, 1.807) is 37.4 Å². The van der Waals surface area contributed by atoms with Crippen molar-refractivity contribution in [2.75, 3.05) is 25.7 Å². The molecular formula is C12H15N3O4. The molecule has 0 spiro atoms. The molecule has 3 amide bonds. The van der Waals surface area contributed by atoms with E-state index in [9.17, 15) is 14.7 Å². The minimum atomic E-state index is -1.22. The molecule has 0 aromatic heterocycles. The van der Waals surface area contributed by atoms with Crippen molar-refractivity contribution < 1.29 is 19.4 Å². The van der Waals surface area contributed by atoms with Gasteiger partial charge >= 0.3 is 12.1 Å². The molecule has 102 valence electrons. The summed E-state index contributed by atoms with van der Waals surface area (Å²) in [6, 6.07) is 8.04. The first-order valence-electron chi connectivity index (χ1n) is 5.71. The zero-order valence-electron chi connectivity index (χ0n) is 10.7. The minimum absolute atomic E-state index is 0.160. The van der Waals surface area contributed by atoms with E-state index >= 15 is 0 Å². The van der Waals surface area contributed by atoms with Crippen LogP contribution in [-0.2, 0) is 4.74 Å². The highest BCUT2D eigenvalue weighted by Gasteiger charge is 2.40. The van der Waals surface area contributed by atoms with Gasteiger partial charge in [0.25, 0.3) is 0 Å². The number of ether oxygens (including phenoxy) is 1. The number of anilines is 1. The number of hydrogen-bond donors (Lipinski definition) is 1. The summed E-state index contributed by atoms with van der Waals surface area (Å²) >= 11 is 0. The van der Waals surface area contributed by atoms with Gasteiger partial charge in [-0.15, -0.1) is 0 Å². The topological polar surface area (TPSA) is 73.3 Å². The Morgan fingerprint density at radius 1 is 1.42 bits per heavy atom. The summed E-state index contributed by atoms with van der Waals surface area (Å²) < 4.78 is 5.13. The number of hydrazine groups is 1. The quantitative estimate of drug-likeness (QED) is 0.897. The Hall–Kier alpha value is -2.28. The lowest BCUT2D eigenvalue weighted by Crippen LogP contribution is -2.48. The lowest BCUT2D eigenvalue weighted by atomic mass is 10.3. The molecule has 2 rings (SSSR count). The maximum Gasteiger partial charge on any atom is 0.431 e. The van der Waals surface area contributed by atoms with Crippen LogP contribution in [0, 0.1) is 0 Å². The summed E-state index contributed by atoms with van der Waals surface area (Å²) in [4.78, 5) is 24.8. The van der Waals surface area contributed by atoms with Crippen molar-refractivity contribution in [3.63, 3.8) is 0 Å². The monoisotopic (exact) mass is 265 g/mol. The molecule has 1 fully saturated rings. The van der Waals surface area contributed by atoms with Gasteiger partial charge in [0.2, 0.25) is 0 Å². The Kier molecular flexibility index (Phi) is 3.57. The van der Waals surface area contributed by atoms with Crippen LogP contribution >= 0.6 is 0 Å². The van der Waals surface area contributed by atoms with Crippen molar-refractivity contribution in [3.8, 4) is 0 Å². The van der Waals surface area contributed by atoms with E-state index in [0.717, 1.165) is 10.0 Å². The third-order valence-electron chi connectivity index (χ3n) is 2.98. The second-order valence-corrected chi connectivity index (χ2v) is 4.10. The van der Waals surface area contributed by atoms with Gasteiger partial charge in [0.1, 0.15) is 0 Å². The van der Waals surface area contributed by atoms with Gasteiger partial charge in [-0.2, -0.15) is 5.01 Å². The lowest BCUT2D eigenvalue weighted by Gasteiger charge is -2.28. The highest BCUT2D eigenvalue weighted by molar-refractivity contribution is 5.91. The van der Waals surface area contributed by atoms with Crippen molar-refractivity contribution in [2.45, 2.75) is 6.23 Å². The molecule has 1 heterocycles. The molecule has 1 aliphatic rings. The van der Waals surface area contributed by atoms with Crippen molar-refractivity contribution in [1.82, 2.24) is 9.91 Å². The van der Waals surface area contributed by atoms with Crippen molar-refractivity contribution >= 4 is 17.8 Å². The number of methoxy groups -OCH3 is 1. The van der Waals surface area contributed by atoms with Gasteiger partial charge in [0, 0.05) is 14.2 Å². The first kappa shape index (κ1) is 13.2. The molecule has 0 aliphatic carbocycles. The fourth-order valence-corrected chi connectivity index (χ4v) is 1.98. The van der Waals surface area contributed by atoms with Crippen LogP contribution in [0.4, 0.5) is 15.3 Å². The Labute approximate surface area is 110 Å². The van der Waals surface area contributed by atoms with Crippen molar-refractivity contribution in [2.24, 2.45) is 0 Å². The molecule has 19 heavy (non-hydrogen) atoms. The first-order valence-corrected chi connectivity index (χ1v) is 5.71. The molecule has 1 atom stereocenters. The van der Waals surface area contributed by atoms with E-state index in [1.807, 2.05) is 0 Å². The van der Waals surface area contributed by atoms with E-state index in [0.29, 0.717) is 5.69 Å². The average molecular weight is 265 g/mol. The van der Waals surface area contributed by atoms with Crippen molar-refractivity contribution in [1.29, 1.82) is 0 Å². The average Bonchev–Trinajstić information content (AvgIpc) is 2.68.